The van der Waals surface area contributed by atoms with E-state index >= 15 is 0 Å². The fourth-order valence-corrected chi connectivity index (χ4v) is 3.35. The number of hydrogen-bond donors (Lipinski definition) is 2. The predicted octanol–water partition coefficient (Wildman–Crippen LogP) is 4.52. The second-order valence-electron chi connectivity index (χ2n) is 6.21. The molecule has 3 aromatic carbocycles. The van der Waals surface area contributed by atoms with E-state index in [9.17, 15) is 4.79 Å². The zero-order chi connectivity index (χ0) is 18.4. The summed E-state index contributed by atoms with van der Waals surface area (Å²) in [6.45, 7) is 2.09. The number of amides is 1. The number of fused-ring (bicyclic) bond motifs is 1. The number of carbonyl (C=O) groups is 1. The molecule has 1 amide bonds. The van der Waals surface area contributed by atoms with Gasteiger partial charge in [-0.2, -0.15) is 0 Å². The van der Waals surface area contributed by atoms with Crippen molar-refractivity contribution in [2.24, 2.45) is 0 Å². The van der Waals surface area contributed by atoms with Gasteiger partial charge in [-0.25, -0.2) is 0 Å². The van der Waals surface area contributed by atoms with Gasteiger partial charge in [0.1, 0.15) is 0 Å². The summed E-state index contributed by atoms with van der Waals surface area (Å²) in [5.74, 6) is -0.109. The summed E-state index contributed by atoms with van der Waals surface area (Å²) >= 11 is 5.34. The lowest BCUT2D eigenvalue weighted by Crippen LogP contribution is -2.41. The van der Waals surface area contributed by atoms with Crippen LogP contribution in [0.25, 0.3) is 10.8 Å². The summed E-state index contributed by atoms with van der Waals surface area (Å²) in [5.41, 5.74) is 2.15. The van der Waals surface area contributed by atoms with Crippen LogP contribution in [0.4, 0.5) is 0 Å². The Bertz CT molecular complexity index is 903. The lowest BCUT2D eigenvalue weighted by molar-refractivity contribution is -0.119. The lowest BCUT2D eigenvalue weighted by atomic mass is 10.0. The molecule has 0 bridgehead atoms. The molecule has 0 heterocycles. The van der Waals surface area contributed by atoms with Gasteiger partial charge in [-0.15, -0.1) is 0 Å². The zero-order valence-corrected chi connectivity index (χ0v) is 15.6. The lowest BCUT2D eigenvalue weighted by Gasteiger charge is -2.19. The van der Waals surface area contributed by atoms with Crippen LogP contribution in [-0.2, 0) is 11.2 Å². The van der Waals surface area contributed by atoms with Crippen LogP contribution < -0.4 is 10.6 Å². The summed E-state index contributed by atoms with van der Waals surface area (Å²) in [7, 11) is 0. The molecule has 0 fully saturated rings. The van der Waals surface area contributed by atoms with Crippen molar-refractivity contribution in [3.63, 3.8) is 0 Å². The standard InChI is InChI=1S/C22H22N2OS/c1-2-20(17-10-4-3-5-11-17)23-22(26)24-21(25)15-18-13-8-12-16-9-6-7-14-19(16)18/h3-14,20H,2,15H2,1H3,(H2,23,24,25,26). The largest absolute Gasteiger partial charge is 0.356 e. The Morgan fingerprint density at radius 3 is 2.42 bits per heavy atom. The fourth-order valence-electron chi connectivity index (χ4n) is 3.09. The molecule has 4 heteroatoms. The Morgan fingerprint density at radius 1 is 0.962 bits per heavy atom. The van der Waals surface area contributed by atoms with Crippen molar-refractivity contribution in [1.29, 1.82) is 0 Å². The molecule has 3 aromatic rings. The van der Waals surface area contributed by atoms with Crippen molar-refractivity contribution in [3.05, 3.63) is 83.9 Å². The topological polar surface area (TPSA) is 41.1 Å². The van der Waals surface area contributed by atoms with Crippen LogP contribution in [0.5, 0.6) is 0 Å². The second kappa shape index (κ2) is 8.59. The molecule has 0 aliphatic carbocycles. The SMILES string of the molecule is CCC(NC(=S)NC(=O)Cc1cccc2ccccc12)c1ccccc1. The van der Waals surface area contributed by atoms with Gasteiger partial charge in [0.05, 0.1) is 12.5 Å². The molecule has 0 aromatic heterocycles. The molecule has 0 radical (unpaired) electrons. The molecule has 2 N–H and O–H groups in total. The molecule has 0 aliphatic heterocycles. The number of thiocarbonyl (C=S) groups is 1. The first-order valence-electron chi connectivity index (χ1n) is 8.79. The van der Waals surface area contributed by atoms with E-state index in [2.05, 4.69) is 41.8 Å². The first kappa shape index (κ1) is 18.1. The van der Waals surface area contributed by atoms with E-state index in [-0.39, 0.29) is 11.9 Å². The third kappa shape index (κ3) is 4.46. The van der Waals surface area contributed by atoms with Crippen LogP contribution in [0, 0.1) is 0 Å². The maximum Gasteiger partial charge on any atom is 0.230 e. The number of nitrogens with one attached hydrogen (secondary N) is 2. The van der Waals surface area contributed by atoms with Crippen molar-refractivity contribution in [2.75, 3.05) is 0 Å². The third-order valence-corrected chi connectivity index (χ3v) is 4.62. The van der Waals surface area contributed by atoms with E-state index < -0.39 is 0 Å². The summed E-state index contributed by atoms with van der Waals surface area (Å²) in [4.78, 5) is 12.4. The van der Waals surface area contributed by atoms with Crippen LogP contribution in [0.15, 0.2) is 72.8 Å². The van der Waals surface area contributed by atoms with E-state index in [1.165, 1.54) is 0 Å². The van der Waals surface area contributed by atoms with E-state index in [1.54, 1.807) is 0 Å². The van der Waals surface area contributed by atoms with Crippen molar-refractivity contribution in [3.8, 4) is 0 Å². The van der Waals surface area contributed by atoms with Gasteiger partial charge in [0, 0.05) is 0 Å². The van der Waals surface area contributed by atoms with E-state index in [0.717, 1.165) is 28.3 Å². The molecule has 26 heavy (non-hydrogen) atoms. The highest BCUT2D eigenvalue weighted by Gasteiger charge is 2.13. The Kier molecular flexibility index (Phi) is 5.97. The first-order chi connectivity index (χ1) is 12.7. The van der Waals surface area contributed by atoms with Crippen LogP contribution in [0.3, 0.4) is 0 Å². The molecule has 0 saturated heterocycles. The number of rotatable bonds is 5. The normalized spacial score (nSPS) is 11.7. The summed E-state index contributed by atoms with van der Waals surface area (Å²) in [6, 6.07) is 24.3. The highest BCUT2D eigenvalue weighted by atomic mass is 32.1. The molecule has 0 aliphatic rings. The number of carbonyl (C=O) groups excluding carboxylic acids is 1. The van der Waals surface area contributed by atoms with Gasteiger partial charge in [-0.3, -0.25) is 4.79 Å². The maximum atomic E-state index is 12.4. The van der Waals surface area contributed by atoms with Crippen molar-refractivity contribution >= 4 is 34.0 Å². The van der Waals surface area contributed by atoms with E-state index in [4.69, 9.17) is 12.2 Å². The molecular formula is C22H22N2OS. The predicted molar refractivity (Wildman–Crippen MR) is 111 cm³/mol. The molecular weight excluding hydrogens is 340 g/mol. The average molecular weight is 362 g/mol. The maximum absolute atomic E-state index is 12.4. The minimum absolute atomic E-state index is 0.0848. The van der Waals surface area contributed by atoms with E-state index in [1.807, 2.05) is 48.5 Å². The van der Waals surface area contributed by atoms with Crippen LogP contribution in [0.2, 0.25) is 0 Å². The molecule has 3 rings (SSSR count). The second-order valence-corrected chi connectivity index (χ2v) is 6.62. The van der Waals surface area contributed by atoms with Gasteiger partial charge in [0.25, 0.3) is 0 Å². The Labute approximate surface area is 159 Å². The van der Waals surface area contributed by atoms with E-state index in [0.29, 0.717) is 11.5 Å². The van der Waals surface area contributed by atoms with Crippen LogP contribution in [0.1, 0.15) is 30.5 Å². The molecule has 1 unspecified atom stereocenters. The van der Waals surface area contributed by atoms with Gasteiger partial charge in [-0.1, -0.05) is 79.7 Å². The minimum atomic E-state index is -0.109. The zero-order valence-electron chi connectivity index (χ0n) is 14.7. The van der Waals surface area contributed by atoms with Gasteiger partial charge in [0.15, 0.2) is 5.11 Å². The van der Waals surface area contributed by atoms with Gasteiger partial charge >= 0.3 is 0 Å². The Hall–Kier alpha value is -2.72. The quantitative estimate of drug-likeness (QED) is 0.656. The monoisotopic (exact) mass is 362 g/mol. The van der Waals surface area contributed by atoms with Crippen molar-refractivity contribution < 1.29 is 4.79 Å². The fraction of sp³-hybridized carbons (Fsp3) is 0.182. The highest BCUT2D eigenvalue weighted by molar-refractivity contribution is 7.80. The summed E-state index contributed by atoms with van der Waals surface area (Å²) in [5, 5.41) is 8.64. The molecule has 0 saturated carbocycles. The van der Waals surface area contributed by atoms with Crippen LogP contribution >= 0.6 is 12.2 Å². The molecule has 0 spiro atoms. The Morgan fingerprint density at radius 2 is 1.65 bits per heavy atom. The smallest absolute Gasteiger partial charge is 0.230 e. The molecule has 3 nitrogen and oxygen atoms in total. The highest BCUT2D eigenvalue weighted by Crippen LogP contribution is 2.19. The first-order valence-corrected chi connectivity index (χ1v) is 9.20. The van der Waals surface area contributed by atoms with Gasteiger partial charge in [-0.05, 0) is 40.5 Å². The number of hydrogen-bond acceptors (Lipinski definition) is 2. The van der Waals surface area contributed by atoms with Gasteiger partial charge < -0.3 is 10.6 Å². The third-order valence-electron chi connectivity index (χ3n) is 4.40. The summed E-state index contributed by atoms with van der Waals surface area (Å²) in [6.07, 6.45) is 1.18. The van der Waals surface area contributed by atoms with Gasteiger partial charge in [0.2, 0.25) is 5.91 Å². The average Bonchev–Trinajstić information content (AvgIpc) is 2.67. The molecule has 1 atom stereocenters. The van der Waals surface area contributed by atoms with Crippen molar-refractivity contribution in [1.82, 2.24) is 10.6 Å². The number of benzene rings is 3. The van der Waals surface area contributed by atoms with Crippen LogP contribution in [-0.4, -0.2) is 11.0 Å². The van der Waals surface area contributed by atoms with Crippen molar-refractivity contribution in [2.45, 2.75) is 25.8 Å². The minimum Gasteiger partial charge on any atom is -0.356 e. The molecule has 132 valence electrons. The summed E-state index contributed by atoms with van der Waals surface area (Å²) < 4.78 is 0. The Balaban J connectivity index is 1.63.